The van der Waals surface area contributed by atoms with Crippen LogP contribution in [0.15, 0.2) is 0 Å². The largest absolute Gasteiger partial charge is 0.481 e. The molecule has 17 heavy (non-hydrogen) atoms. The van der Waals surface area contributed by atoms with Gasteiger partial charge >= 0.3 is 5.97 Å². The summed E-state index contributed by atoms with van der Waals surface area (Å²) in [6.07, 6.45) is -0.591. The lowest BCUT2D eigenvalue weighted by atomic mass is 10.2. The van der Waals surface area contributed by atoms with Gasteiger partial charge in [0.1, 0.15) is 0 Å². The van der Waals surface area contributed by atoms with Gasteiger partial charge in [0.2, 0.25) is 11.8 Å². The first-order valence-corrected chi connectivity index (χ1v) is 5.34. The maximum atomic E-state index is 11.6. The summed E-state index contributed by atoms with van der Waals surface area (Å²) in [5, 5.41) is 11.0. The molecule has 0 aromatic carbocycles. The maximum absolute atomic E-state index is 11.6. The zero-order valence-corrected chi connectivity index (χ0v) is 9.64. The van der Waals surface area contributed by atoms with E-state index in [0.29, 0.717) is 13.2 Å². The smallest absolute Gasteiger partial charge is 0.306 e. The van der Waals surface area contributed by atoms with Crippen LogP contribution in [0.5, 0.6) is 0 Å². The highest BCUT2D eigenvalue weighted by molar-refractivity contribution is 5.83. The Kier molecular flexibility index (Phi) is 4.89. The van der Waals surface area contributed by atoms with Gasteiger partial charge in [-0.15, -0.1) is 0 Å². The van der Waals surface area contributed by atoms with E-state index < -0.39 is 12.1 Å². The molecule has 96 valence electrons. The van der Waals surface area contributed by atoms with Crippen LogP contribution in [0, 0.1) is 0 Å². The molecule has 2 amide bonds. The Balaban J connectivity index is 2.40. The first-order chi connectivity index (χ1) is 7.99. The molecule has 0 aromatic rings. The molecule has 7 nitrogen and oxygen atoms in total. The van der Waals surface area contributed by atoms with Gasteiger partial charge in [-0.25, -0.2) is 0 Å². The van der Waals surface area contributed by atoms with Gasteiger partial charge in [0.25, 0.3) is 0 Å². The van der Waals surface area contributed by atoms with E-state index in [1.54, 1.807) is 0 Å². The number of ether oxygens (including phenoxy) is 1. The Morgan fingerprint density at radius 1 is 1.47 bits per heavy atom. The number of aliphatic carboxylic acids is 1. The van der Waals surface area contributed by atoms with Crippen LogP contribution in [0.4, 0.5) is 0 Å². The topological polar surface area (TPSA) is 95.9 Å². The molecule has 1 aliphatic rings. The van der Waals surface area contributed by atoms with Crippen molar-refractivity contribution in [3.8, 4) is 0 Å². The van der Waals surface area contributed by atoms with Gasteiger partial charge in [-0.2, -0.15) is 0 Å². The third-order valence-corrected chi connectivity index (χ3v) is 2.38. The highest BCUT2D eigenvalue weighted by Gasteiger charge is 2.25. The SMILES string of the molecule is CC(=O)NCC(=O)N1CCOC(CC(=O)O)C1. The predicted octanol–water partition coefficient (Wildman–Crippen LogP) is -1.18. The number of carbonyl (C=O) groups excluding carboxylic acids is 2. The minimum atomic E-state index is -0.953. The molecule has 0 saturated carbocycles. The Bertz CT molecular complexity index is 318. The van der Waals surface area contributed by atoms with Gasteiger partial charge in [0, 0.05) is 20.0 Å². The van der Waals surface area contributed by atoms with Crippen LogP contribution in [0.1, 0.15) is 13.3 Å². The van der Waals surface area contributed by atoms with Crippen LogP contribution in [0.25, 0.3) is 0 Å². The van der Waals surface area contributed by atoms with E-state index >= 15 is 0 Å². The van der Waals surface area contributed by atoms with Crippen molar-refractivity contribution in [3.63, 3.8) is 0 Å². The molecular formula is C10H16N2O5. The quantitative estimate of drug-likeness (QED) is 0.649. The van der Waals surface area contributed by atoms with Crippen molar-refractivity contribution in [1.29, 1.82) is 0 Å². The standard InChI is InChI=1S/C10H16N2O5/c1-7(13)11-5-9(14)12-2-3-17-8(6-12)4-10(15)16/h8H,2-6H2,1H3,(H,11,13)(H,15,16). The molecule has 2 N–H and O–H groups in total. The summed E-state index contributed by atoms with van der Waals surface area (Å²) in [6.45, 7) is 2.28. The molecule has 1 aliphatic heterocycles. The van der Waals surface area contributed by atoms with Gasteiger partial charge < -0.3 is 20.1 Å². The molecule has 0 radical (unpaired) electrons. The summed E-state index contributed by atoms with van der Waals surface area (Å²) < 4.78 is 5.23. The molecule has 1 heterocycles. The number of nitrogens with one attached hydrogen (secondary N) is 1. The number of morpholine rings is 1. The lowest BCUT2D eigenvalue weighted by molar-refractivity contribution is -0.147. The minimum Gasteiger partial charge on any atom is -0.481 e. The first-order valence-electron chi connectivity index (χ1n) is 5.34. The number of nitrogens with zero attached hydrogens (tertiary/aromatic N) is 1. The molecule has 1 unspecified atom stereocenters. The summed E-state index contributed by atoms with van der Waals surface area (Å²) in [7, 11) is 0. The summed E-state index contributed by atoms with van der Waals surface area (Å²) in [5.74, 6) is -1.45. The van der Waals surface area contributed by atoms with Crippen LogP contribution >= 0.6 is 0 Å². The van der Waals surface area contributed by atoms with Gasteiger partial charge in [0.05, 0.1) is 25.7 Å². The van der Waals surface area contributed by atoms with Gasteiger partial charge in [0.15, 0.2) is 0 Å². The van der Waals surface area contributed by atoms with E-state index in [4.69, 9.17) is 9.84 Å². The molecule has 0 aliphatic carbocycles. The fourth-order valence-corrected chi connectivity index (χ4v) is 1.58. The van der Waals surface area contributed by atoms with Crippen molar-refractivity contribution < 1.29 is 24.2 Å². The molecular weight excluding hydrogens is 228 g/mol. The molecule has 0 spiro atoms. The predicted molar refractivity (Wildman–Crippen MR) is 57.3 cm³/mol. The van der Waals surface area contributed by atoms with Crippen LogP contribution in [0.3, 0.4) is 0 Å². The number of carboxylic acid groups (broad SMARTS) is 1. The average Bonchev–Trinajstić information content (AvgIpc) is 2.25. The molecule has 1 rings (SSSR count). The van der Waals surface area contributed by atoms with Gasteiger partial charge in [-0.05, 0) is 0 Å². The molecule has 0 bridgehead atoms. The fraction of sp³-hybridized carbons (Fsp3) is 0.700. The zero-order chi connectivity index (χ0) is 12.8. The Morgan fingerprint density at radius 2 is 2.18 bits per heavy atom. The van der Waals surface area contributed by atoms with Crippen molar-refractivity contribution in [2.75, 3.05) is 26.2 Å². The van der Waals surface area contributed by atoms with Gasteiger partial charge in [-0.1, -0.05) is 0 Å². The van der Waals surface area contributed by atoms with Crippen molar-refractivity contribution in [2.24, 2.45) is 0 Å². The lowest BCUT2D eigenvalue weighted by Crippen LogP contribution is -2.49. The van der Waals surface area contributed by atoms with Crippen LogP contribution < -0.4 is 5.32 Å². The number of amides is 2. The first kappa shape index (κ1) is 13.4. The van der Waals surface area contributed by atoms with Gasteiger partial charge in [-0.3, -0.25) is 14.4 Å². The molecule has 1 fully saturated rings. The normalized spacial score (nSPS) is 19.8. The maximum Gasteiger partial charge on any atom is 0.306 e. The van der Waals surface area contributed by atoms with Crippen molar-refractivity contribution >= 4 is 17.8 Å². The van der Waals surface area contributed by atoms with Crippen molar-refractivity contribution in [1.82, 2.24) is 10.2 Å². The van der Waals surface area contributed by atoms with E-state index in [2.05, 4.69) is 5.32 Å². The Morgan fingerprint density at radius 3 is 2.76 bits per heavy atom. The second-order valence-corrected chi connectivity index (χ2v) is 3.84. The summed E-state index contributed by atoms with van der Waals surface area (Å²) in [6, 6.07) is 0. The van der Waals surface area contributed by atoms with E-state index in [-0.39, 0.29) is 31.3 Å². The zero-order valence-electron chi connectivity index (χ0n) is 9.64. The highest BCUT2D eigenvalue weighted by Crippen LogP contribution is 2.08. The van der Waals surface area contributed by atoms with Crippen LogP contribution in [0.2, 0.25) is 0 Å². The van der Waals surface area contributed by atoms with Crippen LogP contribution in [-0.4, -0.2) is 60.1 Å². The van der Waals surface area contributed by atoms with Crippen molar-refractivity contribution in [3.05, 3.63) is 0 Å². The number of carbonyl (C=O) groups is 3. The third kappa shape index (κ3) is 4.81. The van der Waals surface area contributed by atoms with E-state index in [1.807, 2.05) is 0 Å². The lowest BCUT2D eigenvalue weighted by Gasteiger charge is -2.32. The average molecular weight is 244 g/mol. The minimum absolute atomic E-state index is 0.0604. The number of carboxylic acids is 1. The molecule has 1 atom stereocenters. The van der Waals surface area contributed by atoms with Crippen LogP contribution in [-0.2, 0) is 19.1 Å². The monoisotopic (exact) mass is 244 g/mol. The molecule has 7 heteroatoms. The van der Waals surface area contributed by atoms with Crippen molar-refractivity contribution in [2.45, 2.75) is 19.4 Å². The fourth-order valence-electron chi connectivity index (χ4n) is 1.58. The van der Waals surface area contributed by atoms with E-state index in [9.17, 15) is 14.4 Å². The number of rotatable bonds is 4. The van der Waals surface area contributed by atoms with E-state index in [1.165, 1.54) is 11.8 Å². The second-order valence-electron chi connectivity index (χ2n) is 3.84. The van der Waals surface area contributed by atoms with E-state index in [0.717, 1.165) is 0 Å². The summed E-state index contributed by atoms with van der Waals surface area (Å²) in [4.78, 5) is 34.3. The second kappa shape index (κ2) is 6.19. The molecule has 1 saturated heterocycles. The highest BCUT2D eigenvalue weighted by atomic mass is 16.5. The number of hydrogen-bond acceptors (Lipinski definition) is 4. The number of hydrogen-bond donors (Lipinski definition) is 2. The molecule has 0 aromatic heterocycles. The summed E-state index contributed by atoms with van der Waals surface area (Å²) >= 11 is 0. The Labute approximate surface area is 98.7 Å². The third-order valence-electron chi connectivity index (χ3n) is 2.38. The summed E-state index contributed by atoms with van der Waals surface area (Å²) in [5.41, 5.74) is 0. The Hall–Kier alpha value is -1.63.